The predicted molar refractivity (Wildman–Crippen MR) is 87.2 cm³/mol. The van der Waals surface area contributed by atoms with Crippen molar-refractivity contribution < 1.29 is 9.47 Å². The van der Waals surface area contributed by atoms with E-state index in [0.717, 1.165) is 29.1 Å². The molecule has 0 radical (unpaired) electrons. The highest BCUT2D eigenvalue weighted by Crippen LogP contribution is 2.31. The lowest BCUT2D eigenvalue weighted by molar-refractivity contribution is 0.185. The Hall–Kier alpha value is -1.71. The van der Waals surface area contributed by atoms with Gasteiger partial charge in [0.15, 0.2) is 0 Å². The third-order valence-corrected chi connectivity index (χ3v) is 3.67. The van der Waals surface area contributed by atoms with Gasteiger partial charge in [-0.2, -0.15) is 0 Å². The fourth-order valence-electron chi connectivity index (χ4n) is 2.16. The molecule has 0 amide bonds. The minimum atomic E-state index is 0.622. The SMILES string of the molecule is COCc1cccc(CNc2cc(C)c(Cl)cc2OC)c1. The molecule has 3 nitrogen and oxygen atoms in total. The molecule has 0 fully saturated rings. The molecule has 0 saturated carbocycles. The number of aryl methyl sites for hydroxylation is 1. The summed E-state index contributed by atoms with van der Waals surface area (Å²) >= 11 is 6.12. The molecule has 0 aliphatic carbocycles. The summed E-state index contributed by atoms with van der Waals surface area (Å²) in [5, 5.41) is 4.10. The molecule has 1 N–H and O–H groups in total. The number of hydrogen-bond donors (Lipinski definition) is 1. The van der Waals surface area contributed by atoms with Crippen LogP contribution in [0, 0.1) is 6.92 Å². The highest BCUT2D eigenvalue weighted by atomic mass is 35.5. The second kappa shape index (κ2) is 7.34. The predicted octanol–water partition coefficient (Wildman–Crippen LogP) is 4.42. The van der Waals surface area contributed by atoms with Gasteiger partial charge in [0, 0.05) is 24.7 Å². The molecule has 2 rings (SSSR count). The number of halogens is 1. The molecule has 0 aliphatic heterocycles. The maximum Gasteiger partial charge on any atom is 0.143 e. The molecule has 0 atom stereocenters. The van der Waals surface area contributed by atoms with Crippen LogP contribution in [0.2, 0.25) is 5.02 Å². The van der Waals surface area contributed by atoms with Crippen LogP contribution in [0.3, 0.4) is 0 Å². The standard InChI is InChI=1S/C17H20ClNO2/c1-12-7-16(17(21-3)9-15(12)18)19-10-13-5-4-6-14(8-13)11-20-2/h4-9,19H,10-11H2,1-3H3. The molecule has 21 heavy (non-hydrogen) atoms. The van der Waals surface area contributed by atoms with Crippen molar-refractivity contribution in [1.29, 1.82) is 0 Å². The van der Waals surface area contributed by atoms with Gasteiger partial charge in [0.1, 0.15) is 5.75 Å². The van der Waals surface area contributed by atoms with E-state index in [1.807, 2.05) is 25.1 Å². The van der Waals surface area contributed by atoms with E-state index in [2.05, 4.69) is 23.5 Å². The van der Waals surface area contributed by atoms with Gasteiger partial charge in [-0.05, 0) is 29.7 Å². The zero-order valence-corrected chi connectivity index (χ0v) is 13.3. The van der Waals surface area contributed by atoms with Crippen molar-refractivity contribution in [1.82, 2.24) is 0 Å². The van der Waals surface area contributed by atoms with Crippen LogP contribution < -0.4 is 10.1 Å². The summed E-state index contributed by atoms with van der Waals surface area (Å²) in [4.78, 5) is 0. The second-order valence-corrected chi connectivity index (χ2v) is 5.32. The third kappa shape index (κ3) is 4.13. The molecular formula is C17H20ClNO2. The van der Waals surface area contributed by atoms with E-state index in [1.165, 1.54) is 5.56 Å². The summed E-state index contributed by atoms with van der Waals surface area (Å²) in [6, 6.07) is 12.1. The molecule has 0 aliphatic rings. The van der Waals surface area contributed by atoms with Gasteiger partial charge in [-0.15, -0.1) is 0 Å². The minimum absolute atomic E-state index is 0.622. The second-order valence-electron chi connectivity index (χ2n) is 4.91. The molecule has 2 aromatic rings. The lowest BCUT2D eigenvalue weighted by Gasteiger charge is -2.13. The van der Waals surface area contributed by atoms with Crippen molar-refractivity contribution in [3.8, 4) is 5.75 Å². The Morgan fingerprint density at radius 1 is 1.10 bits per heavy atom. The van der Waals surface area contributed by atoms with Crippen LogP contribution in [0.4, 0.5) is 5.69 Å². The molecule has 4 heteroatoms. The summed E-state index contributed by atoms with van der Waals surface area (Å²) < 4.78 is 10.5. The minimum Gasteiger partial charge on any atom is -0.495 e. The van der Waals surface area contributed by atoms with E-state index in [9.17, 15) is 0 Å². The Morgan fingerprint density at radius 3 is 2.57 bits per heavy atom. The largest absolute Gasteiger partial charge is 0.495 e. The summed E-state index contributed by atoms with van der Waals surface area (Å²) in [6.45, 7) is 3.32. The Bertz CT molecular complexity index is 614. The van der Waals surface area contributed by atoms with Crippen molar-refractivity contribution in [2.45, 2.75) is 20.1 Å². The number of methoxy groups -OCH3 is 2. The lowest BCUT2D eigenvalue weighted by Crippen LogP contribution is -2.02. The first-order valence-electron chi connectivity index (χ1n) is 6.79. The van der Waals surface area contributed by atoms with Crippen molar-refractivity contribution in [2.24, 2.45) is 0 Å². The van der Waals surface area contributed by atoms with Crippen LogP contribution >= 0.6 is 11.6 Å². The van der Waals surface area contributed by atoms with Crippen molar-refractivity contribution in [3.05, 3.63) is 58.1 Å². The quantitative estimate of drug-likeness (QED) is 0.857. The summed E-state index contributed by atoms with van der Waals surface area (Å²) in [5.74, 6) is 0.749. The van der Waals surface area contributed by atoms with Gasteiger partial charge < -0.3 is 14.8 Å². The van der Waals surface area contributed by atoms with E-state index in [-0.39, 0.29) is 0 Å². The summed E-state index contributed by atoms with van der Waals surface area (Å²) in [5.41, 5.74) is 4.32. The van der Waals surface area contributed by atoms with Crippen molar-refractivity contribution >= 4 is 17.3 Å². The third-order valence-electron chi connectivity index (χ3n) is 3.27. The first-order valence-corrected chi connectivity index (χ1v) is 7.16. The highest BCUT2D eigenvalue weighted by Gasteiger charge is 2.07. The van der Waals surface area contributed by atoms with Crippen LogP contribution in [0.1, 0.15) is 16.7 Å². The number of ether oxygens (including phenoxy) is 2. The Kier molecular flexibility index (Phi) is 5.48. The van der Waals surface area contributed by atoms with E-state index < -0.39 is 0 Å². The van der Waals surface area contributed by atoms with Gasteiger partial charge in [0.05, 0.1) is 19.4 Å². The first-order chi connectivity index (χ1) is 10.1. The molecule has 0 spiro atoms. The summed E-state index contributed by atoms with van der Waals surface area (Å²) in [7, 11) is 3.34. The number of benzene rings is 2. The van der Waals surface area contributed by atoms with Crippen LogP contribution in [0.5, 0.6) is 5.75 Å². The maximum absolute atomic E-state index is 6.12. The maximum atomic E-state index is 6.12. The van der Waals surface area contributed by atoms with Gasteiger partial charge in [-0.3, -0.25) is 0 Å². The molecular weight excluding hydrogens is 286 g/mol. The number of nitrogens with one attached hydrogen (secondary N) is 1. The zero-order valence-electron chi connectivity index (χ0n) is 12.6. The molecule has 0 saturated heterocycles. The van der Waals surface area contributed by atoms with E-state index in [1.54, 1.807) is 14.2 Å². The molecule has 0 unspecified atom stereocenters. The first kappa shape index (κ1) is 15.7. The van der Waals surface area contributed by atoms with Crippen LogP contribution in [0.25, 0.3) is 0 Å². The number of rotatable bonds is 6. The van der Waals surface area contributed by atoms with Gasteiger partial charge >= 0.3 is 0 Å². The van der Waals surface area contributed by atoms with Crippen LogP contribution in [0.15, 0.2) is 36.4 Å². The van der Waals surface area contributed by atoms with Gasteiger partial charge in [-0.25, -0.2) is 0 Å². The fourth-order valence-corrected chi connectivity index (χ4v) is 2.32. The molecule has 112 valence electrons. The van der Waals surface area contributed by atoms with Crippen LogP contribution in [-0.2, 0) is 17.9 Å². The average Bonchev–Trinajstić information content (AvgIpc) is 2.49. The monoisotopic (exact) mass is 305 g/mol. The van der Waals surface area contributed by atoms with E-state index in [4.69, 9.17) is 21.1 Å². The zero-order chi connectivity index (χ0) is 15.2. The summed E-state index contributed by atoms with van der Waals surface area (Å²) in [6.07, 6.45) is 0. The topological polar surface area (TPSA) is 30.5 Å². The highest BCUT2D eigenvalue weighted by molar-refractivity contribution is 6.31. The fraction of sp³-hybridized carbons (Fsp3) is 0.294. The molecule has 0 heterocycles. The Morgan fingerprint density at radius 2 is 1.86 bits per heavy atom. The van der Waals surface area contributed by atoms with Gasteiger partial charge in [0.2, 0.25) is 0 Å². The Labute approximate surface area is 130 Å². The van der Waals surface area contributed by atoms with Crippen LogP contribution in [-0.4, -0.2) is 14.2 Å². The Balaban J connectivity index is 2.12. The van der Waals surface area contributed by atoms with Crippen molar-refractivity contribution in [3.63, 3.8) is 0 Å². The van der Waals surface area contributed by atoms with E-state index >= 15 is 0 Å². The average molecular weight is 306 g/mol. The van der Waals surface area contributed by atoms with E-state index in [0.29, 0.717) is 11.6 Å². The number of hydrogen-bond acceptors (Lipinski definition) is 3. The van der Waals surface area contributed by atoms with Crippen molar-refractivity contribution in [2.75, 3.05) is 19.5 Å². The smallest absolute Gasteiger partial charge is 0.143 e. The van der Waals surface area contributed by atoms with Gasteiger partial charge in [0.25, 0.3) is 0 Å². The number of anilines is 1. The van der Waals surface area contributed by atoms with Gasteiger partial charge in [-0.1, -0.05) is 35.9 Å². The molecule has 0 aromatic heterocycles. The normalized spacial score (nSPS) is 10.5. The molecule has 2 aromatic carbocycles. The lowest BCUT2D eigenvalue weighted by atomic mass is 10.1. The molecule has 0 bridgehead atoms.